The van der Waals surface area contributed by atoms with Gasteiger partial charge in [0.2, 0.25) is 0 Å². The zero-order valence-electron chi connectivity index (χ0n) is 10.5. The highest BCUT2D eigenvalue weighted by molar-refractivity contribution is 7.22. The number of anilines is 1. The summed E-state index contributed by atoms with van der Waals surface area (Å²) in [6.45, 7) is 0.234. The number of rotatable bonds is 4. The van der Waals surface area contributed by atoms with E-state index in [9.17, 15) is 4.79 Å². The van der Waals surface area contributed by atoms with Crippen LogP contribution in [0.3, 0.4) is 0 Å². The van der Waals surface area contributed by atoms with Gasteiger partial charge in [0.1, 0.15) is 0 Å². The van der Waals surface area contributed by atoms with E-state index < -0.39 is 0 Å². The first kappa shape index (κ1) is 13.1. The molecule has 1 heterocycles. The maximum atomic E-state index is 12.0. The molecule has 0 fully saturated rings. The van der Waals surface area contributed by atoms with E-state index >= 15 is 0 Å². The van der Waals surface area contributed by atoms with Crippen LogP contribution in [0.2, 0.25) is 5.02 Å². The summed E-state index contributed by atoms with van der Waals surface area (Å²) >= 11 is 7.43. The summed E-state index contributed by atoms with van der Waals surface area (Å²) in [4.78, 5) is 16.4. The summed E-state index contributed by atoms with van der Waals surface area (Å²) in [5, 5.41) is 4.48. The average molecular weight is 303 g/mol. The number of thiazole rings is 1. The molecule has 0 bridgehead atoms. The van der Waals surface area contributed by atoms with Gasteiger partial charge in [-0.25, -0.2) is 4.98 Å². The lowest BCUT2D eigenvalue weighted by Crippen LogP contribution is -2.13. The van der Waals surface area contributed by atoms with Gasteiger partial charge in [-0.2, -0.15) is 0 Å². The third-order valence-electron chi connectivity index (χ3n) is 2.85. The second-order valence-corrected chi connectivity index (χ2v) is 5.74. The molecule has 0 saturated heterocycles. The number of hydrogen-bond acceptors (Lipinski definition) is 4. The normalized spacial score (nSPS) is 10.7. The second kappa shape index (κ2) is 5.61. The predicted molar refractivity (Wildman–Crippen MR) is 83.9 cm³/mol. The molecule has 0 aliphatic rings. The number of halogens is 1. The summed E-state index contributed by atoms with van der Waals surface area (Å²) in [6.07, 6.45) is 0. The SMILES string of the molecule is O=C(CNc1nc2ccc(Cl)cc2s1)c1ccccc1. The topological polar surface area (TPSA) is 42.0 Å². The number of benzene rings is 2. The van der Waals surface area contributed by atoms with Crippen molar-refractivity contribution < 1.29 is 4.79 Å². The van der Waals surface area contributed by atoms with Crippen LogP contribution in [0.5, 0.6) is 0 Å². The Morgan fingerprint density at radius 3 is 2.80 bits per heavy atom. The molecule has 1 aromatic heterocycles. The van der Waals surface area contributed by atoms with Crippen LogP contribution in [0.25, 0.3) is 10.2 Å². The van der Waals surface area contributed by atoms with E-state index in [1.807, 2.05) is 48.5 Å². The second-order valence-electron chi connectivity index (χ2n) is 4.27. The van der Waals surface area contributed by atoms with Crippen molar-refractivity contribution in [1.29, 1.82) is 0 Å². The number of aromatic nitrogens is 1. The minimum absolute atomic E-state index is 0.0443. The fourth-order valence-corrected chi connectivity index (χ4v) is 2.99. The molecule has 0 aliphatic heterocycles. The van der Waals surface area contributed by atoms with E-state index in [0.717, 1.165) is 15.3 Å². The Bertz CT molecular complexity index is 755. The van der Waals surface area contributed by atoms with Gasteiger partial charge in [-0.05, 0) is 18.2 Å². The third-order valence-corrected chi connectivity index (χ3v) is 4.06. The number of carbonyl (C=O) groups excluding carboxylic acids is 1. The highest BCUT2D eigenvalue weighted by Gasteiger charge is 2.08. The number of nitrogens with one attached hydrogen (secondary N) is 1. The maximum Gasteiger partial charge on any atom is 0.184 e. The summed E-state index contributed by atoms with van der Waals surface area (Å²) in [5.74, 6) is 0.0443. The van der Waals surface area contributed by atoms with Gasteiger partial charge >= 0.3 is 0 Å². The molecule has 0 atom stereocenters. The average Bonchev–Trinajstić information content (AvgIpc) is 2.87. The van der Waals surface area contributed by atoms with Gasteiger partial charge in [-0.1, -0.05) is 53.3 Å². The first-order valence-corrected chi connectivity index (χ1v) is 7.30. The molecule has 0 radical (unpaired) electrons. The summed E-state index contributed by atoms with van der Waals surface area (Å²) in [5.41, 5.74) is 1.58. The maximum absolute atomic E-state index is 12.0. The van der Waals surface area contributed by atoms with Crippen LogP contribution in [-0.2, 0) is 0 Å². The molecule has 3 aromatic rings. The van der Waals surface area contributed by atoms with Crippen molar-refractivity contribution in [3.8, 4) is 0 Å². The molecule has 3 rings (SSSR count). The van der Waals surface area contributed by atoms with Gasteiger partial charge in [0, 0.05) is 10.6 Å². The van der Waals surface area contributed by atoms with Crippen molar-refractivity contribution in [2.24, 2.45) is 0 Å². The number of fused-ring (bicyclic) bond motifs is 1. The molecular weight excluding hydrogens is 292 g/mol. The smallest absolute Gasteiger partial charge is 0.184 e. The lowest BCUT2D eigenvalue weighted by Gasteiger charge is -2.01. The van der Waals surface area contributed by atoms with Crippen molar-refractivity contribution >= 4 is 44.1 Å². The van der Waals surface area contributed by atoms with E-state index in [0.29, 0.717) is 10.6 Å². The largest absolute Gasteiger partial charge is 0.354 e. The first-order valence-electron chi connectivity index (χ1n) is 6.10. The minimum atomic E-state index is 0.0443. The summed E-state index contributed by atoms with van der Waals surface area (Å²) in [7, 11) is 0. The van der Waals surface area contributed by atoms with Gasteiger partial charge in [0.05, 0.1) is 16.8 Å². The van der Waals surface area contributed by atoms with Crippen molar-refractivity contribution in [2.45, 2.75) is 0 Å². The molecule has 100 valence electrons. The Labute approximate surface area is 125 Å². The monoisotopic (exact) mass is 302 g/mol. The zero-order valence-corrected chi connectivity index (χ0v) is 12.0. The Kier molecular flexibility index (Phi) is 3.67. The molecule has 5 heteroatoms. The standard InChI is InChI=1S/C15H11ClN2OS/c16-11-6-7-12-14(8-11)20-15(18-12)17-9-13(19)10-4-2-1-3-5-10/h1-8H,9H2,(H,17,18). The molecular formula is C15H11ClN2OS. The first-order chi connectivity index (χ1) is 9.72. The number of Topliss-reactive ketones (excluding diaryl/α,β-unsaturated/α-hetero) is 1. The van der Waals surface area contributed by atoms with E-state index in [4.69, 9.17) is 11.6 Å². The van der Waals surface area contributed by atoms with E-state index in [1.54, 1.807) is 0 Å². The molecule has 2 aromatic carbocycles. The van der Waals surface area contributed by atoms with Crippen LogP contribution in [0.4, 0.5) is 5.13 Å². The van der Waals surface area contributed by atoms with Crippen molar-refractivity contribution in [2.75, 3.05) is 11.9 Å². The molecule has 0 aliphatic carbocycles. The molecule has 0 spiro atoms. The number of hydrogen-bond donors (Lipinski definition) is 1. The number of carbonyl (C=O) groups is 1. The van der Waals surface area contributed by atoms with Crippen LogP contribution < -0.4 is 5.32 Å². The Balaban J connectivity index is 1.72. The van der Waals surface area contributed by atoms with Crippen molar-refractivity contribution in [3.05, 3.63) is 59.1 Å². The van der Waals surface area contributed by atoms with Gasteiger partial charge in [0.25, 0.3) is 0 Å². The summed E-state index contributed by atoms with van der Waals surface area (Å²) in [6, 6.07) is 14.8. The van der Waals surface area contributed by atoms with Crippen molar-refractivity contribution in [1.82, 2.24) is 4.98 Å². The Morgan fingerprint density at radius 2 is 2.00 bits per heavy atom. The van der Waals surface area contributed by atoms with Gasteiger partial charge in [0.15, 0.2) is 10.9 Å². The summed E-state index contributed by atoms with van der Waals surface area (Å²) < 4.78 is 1.01. The third kappa shape index (κ3) is 2.81. The number of nitrogens with zero attached hydrogens (tertiary/aromatic N) is 1. The lowest BCUT2D eigenvalue weighted by molar-refractivity contribution is 0.101. The lowest BCUT2D eigenvalue weighted by atomic mass is 10.1. The molecule has 0 amide bonds. The molecule has 1 N–H and O–H groups in total. The Hall–Kier alpha value is -1.91. The van der Waals surface area contributed by atoms with Crippen LogP contribution in [-0.4, -0.2) is 17.3 Å². The fourth-order valence-electron chi connectivity index (χ4n) is 1.86. The quantitative estimate of drug-likeness (QED) is 0.733. The molecule has 20 heavy (non-hydrogen) atoms. The van der Waals surface area contributed by atoms with Gasteiger partial charge < -0.3 is 5.32 Å². The van der Waals surface area contributed by atoms with Gasteiger partial charge in [-0.3, -0.25) is 4.79 Å². The highest BCUT2D eigenvalue weighted by atomic mass is 35.5. The molecule has 0 saturated carbocycles. The van der Waals surface area contributed by atoms with Crippen LogP contribution in [0.15, 0.2) is 48.5 Å². The van der Waals surface area contributed by atoms with E-state index in [-0.39, 0.29) is 12.3 Å². The molecule has 3 nitrogen and oxygen atoms in total. The zero-order chi connectivity index (χ0) is 13.9. The van der Waals surface area contributed by atoms with Gasteiger partial charge in [-0.15, -0.1) is 0 Å². The van der Waals surface area contributed by atoms with Crippen LogP contribution in [0, 0.1) is 0 Å². The van der Waals surface area contributed by atoms with E-state index in [2.05, 4.69) is 10.3 Å². The van der Waals surface area contributed by atoms with Crippen LogP contribution in [0.1, 0.15) is 10.4 Å². The molecule has 0 unspecified atom stereocenters. The van der Waals surface area contributed by atoms with E-state index in [1.165, 1.54) is 11.3 Å². The van der Waals surface area contributed by atoms with Crippen molar-refractivity contribution in [3.63, 3.8) is 0 Å². The fraction of sp³-hybridized carbons (Fsp3) is 0.0667. The van der Waals surface area contributed by atoms with Crippen LogP contribution >= 0.6 is 22.9 Å². The minimum Gasteiger partial charge on any atom is -0.354 e. The number of ketones is 1. The predicted octanol–water partition coefficient (Wildman–Crippen LogP) is 4.24. The highest BCUT2D eigenvalue weighted by Crippen LogP contribution is 2.28. The Morgan fingerprint density at radius 1 is 1.20 bits per heavy atom.